The van der Waals surface area contributed by atoms with E-state index < -0.39 is 6.29 Å². The Kier molecular flexibility index (Phi) is 10.0. The summed E-state index contributed by atoms with van der Waals surface area (Å²) in [5, 5.41) is 47.1. The lowest BCUT2D eigenvalue weighted by molar-refractivity contribution is -0.243. The number of nitrogens with zero attached hydrogens (tertiary/aromatic N) is 6. The fourth-order valence-corrected chi connectivity index (χ4v) is 12.4. The van der Waals surface area contributed by atoms with Crippen molar-refractivity contribution in [2.45, 2.75) is 97.9 Å². The van der Waals surface area contributed by atoms with Gasteiger partial charge in [0.15, 0.2) is 23.1 Å². The van der Waals surface area contributed by atoms with Crippen LogP contribution < -0.4 is 15.5 Å². The Morgan fingerprint density at radius 1 is 1.04 bits per heavy atom. The zero-order valence-corrected chi connectivity index (χ0v) is 34.7. The fourth-order valence-electron chi connectivity index (χ4n) is 11.6. The zero-order valence-electron chi connectivity index (χ0n) is 33.9. The van der Waals surface area contributed by atoms with Crippen molar-refractivity contribution in [3.63, 3.8) is 0 Å². The first-order chi connectivity index (χ1) is 26.6. The van der Waals surface area contributed by atoms with Crippen molar-refractivity contribution in [1.82, 2.24) is 30.4 Å². The van der Waals surface area contributed by atoms with Gasteiger partial charge in [-0.3, -0.25) is 0 Å². The number of ether oxygens (including phenoxy) is 1. The van der Waals surface area contributed by atoms with E-state index in [-0.39, 0.29) is 27.5 Å². The van der Waals surface area contributed by atoms with E-state index in [1.165, 1.54) is 18.2 Å². The second-order valence-corrected chi connectivity index (χ2v) is 19.4. The van der Waals surface area contributed by atoms with Crippen molar-refractivity contribution >= 4 is 55.9 Å². The Morgan fingerprint density at radius 3 is 2.52 bits per heavy atom. The van der Waals surface area contributed by atoms with Gasteiger partial charge in [-0.1, -0.05) is 31.3 Å². The molecule has 5 aliphatic rings. The Hall–Kier alpha value is -4.01. The number of aryl methyl sites for hydroxylation is 1. The summed E-state index contributed by atoms with van der Waals surface area (Å²) < 4.78 is 7.94. The van der Waals surface area contributed by atoms with Gasteiger partial charge in [0.05, 0.1) is 22.4 Å². The molecule has 9 rings (SSSR count). The number of aliphatic hydroxyl groups is 2. The number of thiazole rings is 1. The SMILES string of the molecule is C/C(NCC12CC3(C)CC(C)(C1)CC(OCCN(C)C)(C3)C2)=C(/C=N)c1ccc(N2CCCc3c2nnc(Nc2nc4cc(C)ccc4s2)c3C)nc1C(O)O. The average molecular weight is 780 g/mol. The van der Waals surface area contributed by atoms with E-state index in [2.05, 4.69) is 85.7 Å². The standard InChI is InChI=1S/C43H57N9O3S/c1-26-10-12-33-32(17-26)46-39(56-33)48-36-27(2)29-9-8-14-52(37(29)50-49-36)34-13-11-30(35(47-34)38(53)54)31(18-44)28(3)45-25-42-20-40(4)19-41(5,21-42)23-43(22-40,24-42)55-16-15-51(6)7/h10-13,17-18,38,44-45,53-54H,8-9,14-16,19-25H2,1-7H3,(H,46,48,49)/b31-28+,44-18?. The van der Waals surface area contributed by atoms with Gasteiger partial charge in [-0.25, -0.2) is 9.97 Å². The van der Waals surface area contributed by atoms with Gasteiger partial charge in [0.2, 0.25) is 0 Å². The van der Waals surface area contributed by atoms with E-state index in [9.17, 15) is 10.2 Å². The normalized spacial score (nSPS) is 27.2. The van der Waals surface area contributed by atoms with Crippen molar-refractivity contribution in [1.29, 1.82) is 5.41 Å². The van der Waals surface area contributed by atoms with Crippen LogP contribution >= 0.6 is 11.3 Å². The molecule has 2 atom stereocenters. The third-order valence-electron chi connectivity index (χ3n) is 12.8. The molecule has 1 aliphatic heterocycles. The summed E-state index contributed by atoms with van der Waals surface area (Å²) in [6.07, 6.45) is 8.00. The number of aromatic nitrogens is 4. The maximum absolute atomic E-state index is 10.7. The first kappa shape index (κ1) is 38.8. The monoisotopic (exact) mass is 779 g/mol. The number of nitrogens with one attached hydrogen (secondary N) is 3. The predicted molar refractivity (Wildman–Crippen MR) is 224 cm³/mol. The van der Waals surface area contributed by atoms with E-state index in [1.54, 1.807) is 11.3 Å². The molecule has 0 radical (unpaired) electrons. The molecule has 4 aliphatic carbocycles. The molecule has 1 aromatic carbocycles. The summed E-state index contributed by atoms with van der Waals surface area (Å²) >= 11 is 1.59. The molecule has 0 amide bonds. The van der Waals surface area contributed by atoms with Crippen LogP contribution in [0.4, 0.5) is 22.6 Å². The lowest BCUT2D eigenvalue weighted by Crippen LogP contribution is -2.65. The smallest absolute Gasteiger partial charge is 0.196 e. The molecule has 298 valence electrons. The fraction of sp³-hybridized carbons (Fsp3) is 0.558. The third kappa shape index (κ3) is 7.32. The quantitative estimate of drug-likeness (QED) is 0.0674. The maximum Gasteiger partial charge on any atom is 0.196 e. The first-order valence-corrected chi connectivity index (χ1v) is 20.8. The van der Waals surface area contributed by atoms with Crippen molar-refractivity contribution < 1.29 is 14.9 Å². The second kappa shape index (κ2) is 14.4. The van der Waals surface area contributed by atoms with E-state index in [4.69, 9.17) is 20.1 Å². The highest BCUT2D eigenvalue weighted by Crippen LogP contribution is 2.71. The van der Waals surface area contributed by atoms with Crippen LogP contribution in [0.15, 0.2) is 36.0 Å². The van der Waals surface area contributed by atoms with Gasteiger partial charge in [-0.05, 0) is 132 Å². The van der Waals surface area contributed by atoms with Crippen LogP contribution in [0.5, 0.6) is 0 Å². The largest absolute Gasteiger partial charge is 0.387 e. The summed E-state index contributed by atoms with van der Waals surface area (Å²) in [6.45, 7) is 14.1. The summed E-state index contributed by atoms with van der Waals surface area (Å²) in [5.41, 5.74) is 6.67. The molecule has 4 bridgehead atoms. The lowest BCUT2D eigenvalue weighted by atomic mass is 9.39. The van der Waals surface area contributed by atoms with Gasteiger partial charge >= 0.3 is 0 Å². The van der Waals surface area contributed by atoms with Crippen LogP contribution in [0.25, 0.3) is 15.8 Å². The molecule has 56 heavy (non-hydrogen) atoms. The summed E-state index contributed by atoms with van der Waals surface area (Å²) in [7, 11) is 4.19. The number of allylic oxidation sites excluding steroid dienone is 2. The molecule has 4 fully saturated rings. The minimum atomic E-state index is -1.84. The van der Waals surface area contributed by atoms with Crippen LogP contribution in [0.3, 0.4) is 0 Å². The van der Waals surface area contributed by atoms with Gasteiger partial charge in [0.1, 0.15) is 11.5 Å². The van der Waals surface area contributed by atoms with Crippen LogP contribution in [0.2, 0.25) is 0 Å². The highest BCUT2D eigenvalue weighted by Gasteiger charge is 2.66. The average Bonchev–Trinajstić information content (AvgIpc) is 3.52. The third-order valence-corrected chi connectivity index (χ3v) is 13.7. The van der Waals surface area contributed by atoms with Crippen LogP contribution in [-0.4, -0.2) is 87.4 Å². The van der Waals surface area contributed by atoms with E-state index in [1.807, 2.05) is 24.0 Å². The molecule has 4 heterocycles. The number of aliphatic hydroxyl groups excluding tert-OH is 1. The van der Waals surface area contributed by atoms with E-state index >= 15 is 0 Å². The summed E-state index contributed by atoms with van der Waals surface area (Å²) in [6, 6.07) is 10.00. The second-order valence-electron chi connectivity index (χ2n) is 18.4. The van der Waals surface area contributed by atoms with E-state index in [0.29, 0.717) is 35.1 Å². The van der Waals surface area contributed by atoms with Gasteiger partial charge in [0, 0.05) is 53.8 Å². The molecule has 12 nitrogen and oxygen atoms in total. The van der Waals surface area contributed by atoms with Crippen LogP contribution in [-0.2, 0) is 11.2 Å². The predicted octanol–water partition coefficient (Wildman–Crippen LogP) is 7.58. The number of benzene rings is 1. The summed E-state index contributed by atoms with van der Waals surface area (Å²) in [4.78, 5) is 13.8. The number of hydrogen-bond acceptors (Lipinski definition) is 13. The van der Waals surface area contributed by atoms with Crippen molar-refractivity contribution in [2.24, 2.45) is 16.2 Å². The Labute approximate surface area is 334 Å². The van der Waals surface area contributed by atoms with Crippen LogP contribution in [0, 0.1) is 35.5 Å². The Bertz CT molecular complexity index is 2180. The zero-order chi connectivity index (χ0) is 39.6. The molecule has 5 N–H and O–H groups in total. The lowest BCUT2D eigenvalue weighted by Gasteiger charge is -2.69. The van der Waals surface area contributed by atoms with Crippen molar-refractivity contribution in [3.8, 4) is 0 Å². The van der Waals surface area contributed by atoms with E-state index in [0.717, 1.165) is 96.8 Å². The molecule has 0 saturated heterocycles. The van der Waals surface area contributed by atoms with Gasteiger partial charge in [-0.15, -0.1) is 10.2 Å². The van der Waals surface area contributed by atoms with Crippen LogP contribution in [0.1, 0.15) is 100.0 Å². The highest BCUT2D eigenvalue weighted by molar-refractivity contribution is 7.22. The minimum Gasteiger partial charge on any atom is -0.387 e. The molecule has 4 aromatic rings. The number of pyridine rings is 1. The van der Waals surface area contributed by atoms with Gasteiger partial charge in [-0.2, -0.15) is 0 Å². The molecule has 13 heteroatoms. The molecule has 2 unspecified atom stereocenters. The number of likely N-dealkylation sites (N-methyl/N-ethyl adjacent to an activating group) is 1. The molecular formula is C43H57N9O3S. The molecular weight excluding hydrogens is 723 g/mol. The Morgan fingerprint density at radius 2 is 1.80 bits per heavy atom. The molecule has 0 spiro atoms. The number of fused-ring (bicyclic) bond motifs is 2. The number of anilines is 4. The maximum atomic E-state index is 10.7. The van der Waals surface area contributed by atoms with Gasteiger partial charge < -0.3 is 40.8 Å². The van der Waals surface area contributed by atoms with Crippen molar-refractivity contribution in [2.75, 3.05) is 50.6 Å². The first-order valence-electron chi connectivity index (χ1n) is 20.0. The topological polar surface area (TPSA) is 156 Å². The Balaban J connectivity index is 1.04. The molecule has 4 saturated carbocycles. The highest BCUT2D eigenvalue weighted by atomic mass is 32.1. The summed E-state index contributed by atoms with van der Waals surface area (Å²) in [5.74, 6) is 1.93. The number of hydrogen-bond donors (Lipinski definition) is 5. The van der Waals surface area contributed by atoms with Crippen molar-refractivity contribution in [3.05, 3.63) is 64.0 Å². The van der Waals surface area contributed by atoms with Gasteiger partial charge in [0.25, 0.3) is 0 Å². The number of rotatable bonds is 13. The minimum absolute atomic E-state index is 0.0793. The molecule has 3 aromatic heterocycles.